The number of halogens is 2. The highest BCUT2D eigenvalue weighted by atomic mass is 19.1. The Kier molecular flexibility index (Phi) is 6.12. The van der Waals surface area contributed by atoms with E-state index in [0.717, 1.165) is 12.5 Å². The molecule has 0 aliphatic heterocycles. The Balaban J connectivity index is 2.34. The maximum atomic E-state index is 13.3. The van der Waals surface area contributed by atoms with Crippen LogP contribution in [-0.2, 0) is 6.54 Å². The molecule has 0 radical (unpaired) electrons. The van der Waals surface area contributed by atoms with Gasteiger partial charge in [-0.05, 0) is 19.4 Å². The van der Waals surface area contributed by atoms with Gasteiger partial charge in [0.25, 0.3) is 0 Å². The first-order valence-corrected chi connectivity index (χ1v) is 6.30. The largest absolute Gasteiger partial charge is 0.310 e. The lowest BCUT2D eigenvalue weighted by Crippen LogP contribution is -2.25. The minimum absolute atomic E-state index is 0.367. The highest BCUT2D eigenvalue weighted by molar-refractivity contribution is 5.18. The summed E-state index contributed by atoms with van der Waals surface area (Å²) in [6.45, 7) is 4.72. The topological polar surface area (TPSA) is 12.0 Å². The van der Waals surface area contributed by atoms with Crippen molar-refractivity contribution in [2.75, 3.05) is 0 Å². The lowest BCUT2D eigenvalue weighted by Gasteiger charge is -2.13. The van der Waals surface area contributed by atoms with Crippen molar-refractivity contribution in [2.45, 2.75) is 52.1 Å². The van der Waals surface area contributed by atoms with E-state index in [1.807, 2.05) is 0 Å². The quantitative estimate of drug-likeness (QED) is 0.711. The summed E-state index contributed by atoms with van der Waals surface area (Å²) in [7, 11) is 0. The van der Waals surface area contributed by atoms with Gasteiger partial charge in [0.1, 0.15) is 11.6 Å². The van der Waals surface area contributed by atoms with Crippen LogP contribution in [0, 0.1) is 11.6 Å². The summed E-state index contributed by atoms with van der Waals surface area (Å²) in [5.74, 6) is -1.000. The van der Waals surface area contributed by atoms with Crippen LogP contribution in [0.3, 0.4) is 0 Å². The smallest absolute Gasteiger partial charge is 0.130 e. The van der Waals surface area contributed by atoms with Crippen LogP contribution < -0.4 is 5.32 Å². The van der Waals surface area contributed by atoms with Gasteiger partial charge in [-0.2, -0.15) is 0 Å². The average molecular weight is 241 g/mol. The third kappa shape index (κ3) is 5.26. The molecular weight excluding hydrogens is 220 g/mol. The first-order valence-electron chi connectivity index (χ1n) is 6.30. The fraction of sp³-hybridized carbons (Fsp3) is 0.571. The summed E-state index contributed by atoms with van der Waals surface area (Å²) in [6.07, 6.45) is 4.73. The van der Waals surface area contributed by atoms with E-state index in [1.165, 1.54) is 31.4 Å². The molecule has 1 aromatic carbocycles. The van der Waals surface area contributed by atoms with E-state index in [4.69, 9.17) is 0 Å². The van der Waals surface area contributed by atoms with Crippen LogP contribution in [0.25, 0.3) is 0 Å². The summed E-state index contributed by atoms with van der Waals surface area (Å²) in [5.41, 5.74) is 0.522. The Morgan fingerprint density at radius 2 is 2.00 bits per heavy atom. The van der Waals surface area contributed by atoms with E-state index in [1.54, 1.807) is 0 Å². The average Bonchev–Trinajstić information content (AvgIpc) is 2.28. The fourth-order valence-corrected chi connectivity index (χ4v) is 1.75. The van der Waals surface area contributed by atoms with E-state index < -0.39 is 11.6 Å². The molecular formula is C14H21F2N. The molecule has 0 spiro atoms. The maximum Gasteiger partial charge on any atom is 0.130 e. The maximum absolute atomic E-state index is 13.3. The standard InChI is InChI=1S/C14H21F2N/c1-3-4-5-6-11(2)17-10-12-7-8-13(15)9-14(12)16/h7-9,11,17H,3-6,10H2,1-2H3. The van der Waals surface area contributed by atoms with Gasteiger partial charge in [-0.25, -0.2) is 8.78 Å². The number of rotatable bonds is 7. The molecule has 17 heavy (non-hydrogen) atoms. The second kappa shape index (κ2) is 7.38. The molecule has 1 atom stereocenters. The van der Waals surface area contributed by atoms with Crippen LogP contribution in [0.15, 0.2) is 18.2 Å². The predicted molar refractivity (Wildman–Crippen MR) is 66.8 cm³/mol. The lowest BCUT2D eigenvalue weighted by molar-refractivity contribution is 0.477. The molecule has 1 unspecified atom stereocenters. The monoisotopic (exact) mass is 241 g/mol. The first kappa shape index (κ1) is 14.1. The molecule has 1 N–H and O–H groups in total. The van der Waals surface area contributed by atoms with Gasteiger partial charge in [-0.3, -0.25) is 0 Å². The minimum Gasteiger partial charge on any atom is -0.310 e. The van der Waals surface area contributed by atoms with Crippen LogP contribution in [0.5, 0.6) is 0 Å². The molecule has 1 rings (SSSR count). The van der Waals surface area contributed by atoms with Gasteiger partial charge in [0.15, 0.2) is 0 Å². The van der Waals surface area contributed by atoms with E-state index in [9.17, 15) is 8.78 Å². The minimum atomic E-state index is -0.526. The van der Waals surface area contributed by atoms with E-state index in [2.05, 4.69) is 19.2 Å². The SMILES string of the molecule is CCCCCC(C)NCc1ccc(F)cc1F. The molecule has 0 saturated heterocycles. The Labute approximate surface area is 102 Å². The van der Waals surface area contributed by atoms with Crippen LogP contribution in [0.2, 0.25) is 0 Å². The van der Waals surface area contributed by atoms with Gasteiger partial charge < -0.3 is 5.32 Å². The normalized spacial score (nSPS) is 12.7. The third-order valence-corrected chi connectivity index (χ3v) is 2.90. The lowest BCUT2D eigenvalue weighted by atomic mass is 10.1. The molecule has 1 nitrogen and oxygen atoms in total. The molecule has 0 amide bonds. The van der Waals surface area contributed by atoms with Crippen molar-refractivity contribution in [3.05, 3.63) is 35.4 Å². The highest BCUT2D eigenvalue weighted by Gasteiger charge is 2.05. The van der Waals surface area contributed by atoms with E-state index in [-0.39, 0.29) is 0 Å². The zero-order valence-corrected chi connectivity index (χ0v) is 10.6. The summed E-state index contributed by atoms with van der Waals surface area (Å²) < 4.78 is 26.0. The Hall–Kier alpha value is -0.960. The van der Waals surface area contributed by atoms with Crippen molar-refractivity contribution in [2.24, 2.45) is 0 Å². The van der Waals surface area contributed by atoms with Crippen LogP contribution in [0.4, 0.5) is 8.78 Å². The molecule has 3 heteroatoms. The second-order valence-corrected chi connectivity index (χ2v) is 4.51. The second-order valence-electron chi connectivity index (χ2n) is 4.51. The van der Waals surface area contributed by atoms with Gasteiger partial charge in [0.2, 0.25) is 0 Å². The van der Waals surface area contributed by atoms with Crippen molar-refractivity contribution in [3.8, 4) is 0 Å². The summed E-state index contributed by atoms with van der Waals surface area (Å²) in [5, 5.41) is 3.26. The number of hydrogen-bond acceptors (Lipinski definition) is 1. The summed E-state index contributed by atoms with van der Waals surface area (Å²) >= 11 is 0. The molecule has 0 fully saturated rings. The van der Waals surface area contributed by atoms with Crippen LogP contribution >= 0.6 is 0 Å². The molecule has 0 heterocycles. The zero-order valence-electron chi connectivity index (χ0n) is 10.6. The van der Waals surface area contributed by atoms with Gasteiger partial charge in [0, 0.05) is 24.2 Å². The number of benzene rings is 1. The molecule has 0 aliphatic rings. The number of hydrogen-bond donors (Lipinski definition) is 1. The molecule has 96 valence electrons. The van der Waals surface area contributed by atoms with Crippen molar-refractivity contribution >= 4 is 0 Å². The summed E-state index contributed by atoms with van der Waals surface area (Å²) in [4.78, 5) is 0. The van der Waals surface area contributed by atoms with Crippen LogP contribution in [-0.4, -0.2) is 6.04 Å². The third-order valence-electron chi connectivity index (χ3n) is 2.90. The number of nitrogens with one attached hydrogen (secondary N) is 1. The zero-order chi connectivity index (χ0) is 12.7. The van der Waals surface area contributed by atoms with Crippen molar-refractivity contribution < 1.29 is 8.78 Å². The fourth-order valence-electron chi connectivity index (χ4n) is 1.75. The van der Waals surface area contributed by atoms with E-state index >= 15 is 0 Å². The highest BCUT2D eigenvalue weighted by Crippen LogP contribution is 2.10. The molecule has 1 aromatic rings. The van der Waals surface area contributed by atoms with Gasteiger partial charge in [-0.1, -0.05) is 32.3 Å². The van der Waals surface area contributed by atoms with Gasteiger partial charge >= 0.3 is 0 Å². The summed E-state index contributed by atoms with van der Waals surface area (Å²) in [6, 6.07) is 4.09. The molecule has 0 saturated carbocycles. The van der Waals surface area contributed by atoms with Crippen molar-refractivity contribution in [1.82, 2.24) is 5.32 Å². The molecule has 0 aromatic heterocycles. The van der Waals surface area contributed by atoms with Crippen LogP contribution in [0.1, 0.15) is 45.1 Å². The molecule has 0 bridgehead atoms. The Morgan fingerprint density at radius 1 is 1.24 bits per heavy atom. The van der Waals surface area contributed by atoms with Gasteiger partial charge in [-0.15, -0.1) is 0 Å². The Bertz CT molecular complexity index is 339. The Morgan fingerprint density at radius 3 is 2.65 bits per heavy atom. The van der Waals surface area contributed by atoms with Gasteiger partial charge in [0.05, 0.1) is 0 Å². The predicted octanol–water partition coefficient (Wildman–Crippen LogP) is 4.02. The first-order chi connectivity index (χ1) is 8.13. The van der Waals surface area contributed by atoms with Crippen molar-refractivity contribution in [1.29, 1.82) is 0 Å². The van der Waals surface area contributed by atoms with E-state index in [0.29, 0.717) is 18.2 Å². The number of unbranched alkanes of at least 4 members (excludes halogenated alkanes) is 2. The molecule has 0 aliphatic carbocycles. The van der Waals surface area contributed by atoms with Crippen molar-refractivity contribution in [3.63, 3.8) is 0 Å².